The van der Waals surface area contributed by atoms with Crippen LogP contribution in [0.4, 0.5) is 0 Å². The van der Waals surface area contributed by atoms with Crippen LogP contribution in [-0.2, 0) is 4.79 Å². The Hall–Kier alpha value is -0.610. The van der Waals surface area contributed by atoms with Gasteiger partial charge >= 0.3 is 0 Å². The molecule has 1 aliphatic carbocycles. The molecule has 0 heterocycles. The van der Waals surface area contributed by atoms with Crippen molar-refractivity contribution in [3.8, 4) is 0 Å². The van der Waals surface area contributed by atoms with Crippen LogP contribution in [-0.4, -0.2) is 56.0 Å². The largest absolute Gasteiger partial charge is 0.345 e. The maximum atomic E-state index is 12.3. The number of hydrogen-bond donors (Lipinski definition) is 1. The average Bonchev–Trinajstić information content (AvgIpc) is 2.31. The molecule has 1 rings (SSSR count). The molecule has 1 amide bonds. The summed E-state index contributed by atoms with van der Waals surface area (Å²) < 4.78 is 0. The van der Waals surface area contributed by atoms with Crippen molar-refractivity contribution in [2.75, 3.05) is 34.2 Å². The van der Waals surface area contributed by atoms with Gasteiger partial charge in [0.15, 0.2) is 0 Å². The molecule has 0 radical (unpaired) electrons. The van der Waals surface area contributed by atoms with E-state index in [2.05, 4.69) is 25.9 Å². The third-order valence-corrected chi connectivity index (χ3v) is 4.06. The zero-order valence-electron chi connectivity index (χ0n) is 12.4. The third-order valence-electron chi connectivity index (χ3n) is 4.06. The van der Waals surface area contributed by atoms with Gasteiger partial charge in [0.1, 0.15) is 0 Å². The Morgan fingerprint density at radius 2 is 1.89 bits per heavy atom. The summed E-state index contributed by atoms with van der Waals surface area (Å²) in [6.07, 6.45) is 3.94. The molecule has 3 atom stereocenters. The summed E-state index contributed by atoms with van der Waals surface area (Å²) in [5.74, 6) is 0.986. The zero-order valence-corrected chi connectivity index (χ0v) is 12.4. The van der Waals surface area contributed by atoms with Crippen LogP contribution in [0.2, 0.25) is 0 Å². The highest BCUT2D eigenvalue weighted by molar-refractivity contribution is 5.78. The lowest BCUT2D eigenvalue weighted by Gasteiger charge is -2.33. The Balaban J connectivity index is 2.34. The molecule has 4 nitrogen and oxygen atoms in total. The van der Waals surface area contributed by atoms with Gasteiger partial charge in [0, 0.05) is 25.6 Å². The number of carbonyl (C=O) groups excluding carboxylic acids is 1. The summed E-state index contributed by atoms with van der Waals surface area (Å²) in [7, 11) is 6.05. The standard InChI is InChI=1S/C14H29N3O/c1-11-10-12(6-7-13(11)15)14(18)17(4)9-5-8-16(2)3/h11-13H,5-10,15H2,1-4H3. The van der Waals surface area contributed by atoms with Crippen LogP contribution < -0.4 is 5.73 Å². The van der Waals surface area contributed by atoms with E-state index in [1.165, 1.54) is 0 Å². The van der Waals surface area contributed by atoms with Gasteiger partial charge in [-0.25, -0.2) is 0 Å². The average molecular weight is 255 g/mol. The molecule has 3 unspecified atom stereocenters. The van der Waals surface area contributed by atoms with Crippen LogP contribution in [0, 0.1) is 11.8 Å². The van der Waals surface area contributed by atoms with Crippen LogP contribution in [0.1, 0.15) is 32.6 Å². The normalized spacial score (nSPS) is 28.4. The summed E-state index contributed by atoms with van der Waals surface area (Å²) in [6.45, 7) is 4.05. The number of nitrogens with zero attached hydrogens (tertiary/aromatic N) is 2. The van der Waals surface area contributed by atoms with Gasteiger partial charge in [-0.05, 0) is 52.2 Å². The summed E-state index contributed by atoms with van der Waals surface area (Å²) in [6, 6.07) is 0.285. The quantitative estimate of drug-likeness (QED) is 0.802. The van der Waals surface area contributed by atoms with Crippen LogP contribution in [0.15, 0.2) is 0 Å². The highest BCUT2D eigenvalue weighted by atomic mass is 16.2. The first-order valence-corrected chi connectivity index (χ1v) is 7.07. The Labute approximate surface area is 111 Å². The molecule has 1 fully saturated rings. The fraction of sp³-hybridized carbons (Fsp3) is 0.929. The van der Waals surface area contributed by atoms with Crippen molar-refractivity contribution in [2.45, 2.75) is 38.6 Å². The molecule has 1 saturated carbocycles. The lowest BCUT2D eigenvalue weighted by molar-refractivity contribution is -0.135. The van der Waals surface area contributed by atoms with E-state index in [1.54, 1.807) is 0 Å². The van der Waals surface area contributed by atoms with E-state index in [-0.39, 0.29) is 12.0 Å². The fourth-order valence-corrected chi connectivity index (χ4v) is 2.69. The van der Waals surface area contributed by atoms with Crippen molar-refractivity contribution < 1.29 is 4.79 Å². The predicted molar refractivity (Wildman–Crippen MR) is 75.3 cm³/mol. The van der Waals surface area contributed by atoms with Crippen molar-refractivity contribution >= 4 is 5.91 Å². The van der Waals surface area contributed by atoms with E-state index in [4.69, 9.17) is 5.73 Å². The molecule has 106 valence electrons. The van der Waals surface area contributed by atoms with Gasteiger partial charge < -0.3 is 15.5 Å². The van der Waals surface area contributed by atoms with E-state index in [0.29, 0.717) is 11.8 Å². The molecular formula is C14H29N3O. The molecule has 1 aliphatic rings. The molecule has 0 aromatic carbocycles. The van der Waals surface area contributed by atoms with Gasteiger partial charge in [-0.2, -0.15) is 0 Å². The second-order valence-electron chi connectivity index (χ2n) is 6.07. The first-order chi connectivity index (χ1) is 8.41. The van der Waals surface area contributed by atoms with Crippen molar-refractivity contribution in [1.82, 2.24) is 9.80 Å². The molecule has 0 aromatic heterocycles. The first-order valence-electron chi connectivity index (χ1n) is 7.07. The minimum atomic E-state index is 0.198. The van der Waals surface area contributed by atoms with Gasteiger partial charge in [-0.15, -0.1) is 0 Å². The van der Waals surface area contributed by atoms with E-state index in [9.17, 15) is 4.79 Å². The predicted octanol–water partition coefficient (Wildman–Crippen LogP) is 1.16. The molecule has 0 spiro atoms. The fourth-order valence-electron chi connectivity index (χ4n) is 2.69. The number of nitrogens with two attached hydrogens (primary N) is 1. The minimum Gasteiger partial charge on any atom is -0.345 e. The Morgan fingerprint density at radius 3 is 2.44 bits per heavy atom. The lowest BCUT2D eigenvalue weighted by atomic mass is 9.79. The van der Waals surface area contributed by atoms with Gasteiger partial charge in [0.05, 0.1) is 0 Å². The van der Waals surface area contributed by atoms with E-state index in [0.717, 1.165) is 38.8 Å². The van der Waals surface area contributed by atoms with Crippen LogP contribution in [0.3, 0.4) is 0 Å². The number of hydrogen-bond acceptors (Lipinski definition) is 3. The summed E-state index contributed by atoms with van der Waals surface area (Å²) >= 11 is 0. The van der Waals surface area contributed by atoms with Gasteiger partial charge in [-0.1, -0.05) is 6.92 Å². The molecule has 0 aromatic rings. The molecule has 0 bridgehead atoms. The highest BCUT2D eigenvalue weighted by Gasteiger charge is 2.30. The van der Waals surface area contributed by atoms with Gasteiger partial charge in [0.2, 0.25) is 5.91 Å². The van der Waals surface area contributed by atoms with E-state index >= 15 is 0 Å². The third kappa shape index (κ3) is 4.58. The monoisotopic (exact) mass is 255 g/mol. The summed E-state index contributed by atoms with van der Waals surface area (Å²) in [5, 5.41) is 0. The van der Waals surface area contributed by atoms with Gasteiger partial charge in [-0.3, -0.25) is 4.79 Å². The Kier molecular flexibility index (Phi) is 6.09. The van der Waals surface area contributed by atoms with Crippen LogP contribution >= 0.6 is 0 Å². The highest BCUT2D eigenvalue weighted by Crippen LogP contribution is 2.29. The lowest BCUT2D eigenvalue weighted by Crippen LogP contribution is -2.41. The maximum absolute atomic E-state index is 12.3. The SMILES string of the molecule is CC1CC(C(=O)N(C)CCCN(C)C)CCC1N. The van der Waals surface area contributed by atoms with Crippen molar-refractivity contribution in [3.05, 3.63) is 0 Å². The molecular weight excluding hydrogens is 226 g/mol. The Bertz CT molecular complexity index is 268. The molecule has 4 heteroatoms. The van der Waals surface area contributed by atoms with Crippen molar-refractivity contribution in [1.29, 1.82) is 0 Å². The number of rotatable bonds is 5. The van der Waals surface area contributed by atoms with E-state index in [1.807, 2.05) is 11.9 Å². The molecule has 0 aliphatic heterocycles. The molecule has 0 saturated heterocycles. The summed E-state index contributed by atoms with van der Waals surface area (Å²) in [4.78, 5) is 16.4. The zero-order chi connectivity index (χ0) is 13.7. The Morgan fingerprint density at radius 1 is 1.22 bits per heavy atom. The first kappa shape index (κ1) is 15.4. The maximum Gasteiger partial charge on any atom is 0.225 e. The summed E-state index contributed by atoms with van der Waals surface area (Å²) in [5.41, 5.74) is 6.00. The van der Waals surface area contributed by atoms with Crippen LogP contribution in [0.5, 0.6) is 0 Å². The topological polar surface area (TPSA) is 49.6 Å². The van der Waals surface area contributed by atoms with Gasteiger partial charge in [0.25, 0.3) is 0 Å². The minimum absolute atomic E-state index is 0.198. The number of carbonyl (C=O) groups is 1. The second-order valence-corrected chi connectivity index (χ2v) is 6.07. The molecule has 2 N–H and O–H groups in total. The van der Waals surface area contributed by atoms with Crippen LogP contribution in [0.25, 0.3) is 0 Å². The van der Waals surface area contributed by atoms with Crippen molar-refractivity contribution in [2.24, 2.45) is 17.6 Å². The molecule has 18 heavy (non-hydrogen) atoms. The smallest absolute Gasteiger partial charge is 0.225 e. The van der Waals surface area contributed by atoms with Crippen molar-refractivity contribution in [3.63, 3.8) is 0 Å². The second kappa shape index (κ2) is 7.10. The number of amides is 1. The van der Waals surface area contributed by atoms with E-state index < -0.39 is 0 Å².